The molecule has 3 rings (SSSR count). The number of nitrogens with zero attached hydrogens (tertiary/aromatic N) is 3. The van der Waals surface area contributed by atoms with Crippen LogP contribution in [0.5, 0.6) is 0 Å². The number of ether oxygens (including phenoxy) is 1. The number of rotatable bonds is 7. The molecule has 0 saturated carbocycles. The van der Waals surface area contributed by atoms with Crippen molar-refractivity contribution < 1.29 is 14.3 Å². The first kappa shape index (κ1) is 21.1. The summed E-state index contributed by atoms with van der Waals surface area (Å²) in [5, 5.41) is 1.03. The van der Waals surface area contributed by atoms with E-state index < -0.39 is 0 Å². The Hall–Kier alpha value is -2.61. The van der Waals surface area contributed by atoms with Gasteiger partial charge >= 0.3 is 5.97 Å². The molecule has 1 saturated heterocycles. The maximum atomic E-state index is 12.8. The monoisotopic (exact) mass is 415 g/mol. The Labute approximate surface area is 173 Å². The van der Waals surface area contributed by atoms with Crippen molar-refractivity contribution in [1.82, 2.24) is 14.5 Å². The van der Waals surface area contributed by atoms with Crippen molar-refractivity contribution in [2.45, 2.75) is 31.5 Å². The molecule has 1 fully saturated rings. The maximum Gasteiger partial charge on any atom is 0.310 e. The SMILES string of the molecule is C=CCn1c(SCC(=O)N2CCC[C@@H](C(=O)OCC)C2)nc2ccccc2c1=O. The Morgan fingerprint density at radius 3 is 2.93 bits per heavy atom. The smallest absolute Gasteiger partial charge is 0.310 e. The molecule has 29 heavy (non-hydrogen) atoms. The predicted octanol–water partition coefficient (Wildman–Crippen LogP) is 2.48. The molecular formula is C21H25N3O4S. The van der Waals surface area contributed by atoms with Crippen molar-refractivity contribution in [3.63, 3.8) is 0 Å². The molecule has 8 heteroatoms. The molecule has 1 aromatic carbocycles. The number of thioether (sulfide) groups is 1. The van der Waals surface area contributed by atoms with E-state index in [1.165, 1.54) is 16.3 Å². The molecule has 1 amide bonds. The predicted molar refractivity (Wildman–Crippen MR) is 113 cm³/mol. The molecule has 154 valence electrons. The van der Waals surface area contributed by atoms with Crippen molar-refractivity contribution in [1.29, 1.82) is 0 Å². The number of piperidine rings is 1. The summed E-state index contributed by atoms with van der Waals surface area (Å²) in [4.78, 5) is 43.8. The third-order valence-electron chi connectivity index (χ3n) is 4.86. The van der Waals surface area contributed by atoms with Gasteiger partial charge in [0.05, 0.1) is 29.2 Å². The third-order valence-corrected chi connectivity index (χ3v) is 5.82. The van der Waals surface area contributed by atoms with E-state index in [-0.39, 0.29) is 29.1 Å². The van der Waals surface area contributed by atoms with E-state index in [0.29, 0.717) is 42.3 Å². The molecule has 1 aliphatic heterocycles. The quantitative estimate of drug-likeness (QED) is 0.299. The molecule has 2 aromatic rings. The first-order valence-corrected chi connectivity index (χ1v) is 10.7. The number of hydrogen-bond acceptors (Lipinski definition) is 6. The van der Waals surface area contributed by atoms with Gasteiger partial charge in [0.25, 0.3) is 5.56 Å². The lowest BCUT2D eigenvalue weighted by atomic mass is 9.98. The maximum absolute atomic E-state index is 12.8. The van der Waals surface area contributed by atoms with Gasteiger partial charge in [-0.2, -0.15) is 0 Å². The van der Waals surface area contributed by atoms with Crippen molar-refractivity contribution >= 4 is 34.5 Å². The molecule has 0 unspecified atom stereocenters. The molecule has 0 aliphatic carbocycles. The molecule has 2 heterocycles. The van der Waals surface area contributed by atoms with Gasteiger partial charge < -0.3 is 9.64 Å². The molecule has 0 N–H and O–H groups in total. The van der Waals surface area contributed by atoms with Gasteiger partial charge in [-0.15, -0.1) is 6.58 Å². The van der Waals surface area contributed by atoms with E-state index in [2.05, 4.69) is 11.6 Å². The van der Waals surface area contributed by atoms with E-state index in [1.54, 1.807) is 36.1 Å². The van der Waals surface area contributed by atoms with Crippen LogP contribution in [0.4, 0.5) is 0 Å². The fourth-order valence-electron chi connectivity index (χ4n) is 3.42. The van der Waals surface area contributed by atoms with Gasteiger partial charge in [-0.05, 0) is 31.9 Å². The van der Waals surface area contributed by atoms with E-state index in [1.807, 2.05) is 6.07 Å². The largest absolute Gasteiger partial charge is 0.466 e. The van der Waals surface area contributed by atoms with Gasteiger partial charge in [-0.1, -0.05) is 30.0 Å². The number of carbonyl (C=O) groups excluding carboxylic acids is 2. The zero-order valence-corrected chi connectivity index (χ0v) is 17.3. The minimum atomic E-state index is -0.268. The van der Waals surface area contributed by atoms with Crippen LogP contribution in [0.3, 0.4) is 0 Å². The molecular weight excluding hydrogens is 390 g/mol. The molecule has 0 spiro atoms. The van der Waals surface area contributed by atoms with Crippen LogP contribution in [0.15, 0.2) is 46.9 Å². The summed E-state index contributed by atoms with van der Waals surface area (Å²) in [5.41, 5.74) is 0.457. The number of aromatic nitrogens is 2. The first-order valence-electron chi connectivity index (χ1n) is 9.72. The lowest BCUT2D eigenvalue weighted by Gasteiger charge is -2.31. The normalized spacial score (nSPS) is 16.6. The number of amides is 1. The lowest BCUT2D eigenvalue weighted by molar-refractivity contribution is -0.151. The second kappa shape index (κ2) is 9.73. The van der Waals surface area contributed by atoms with Gasteiger partial charge in [0.1, 0.15) is 0 Å². The van der Waals surface area contributed by atoms with Gasteiger partial charge in [-0.25, -0.2) is 4.98 Å². The highest BCUT2D eigenvalue weighted by Crippen LogP contribution is 2.22. The number of carbonyl (C=O) groups is 2. The number of likely N-dealkylation sites (tertiary alicyclic amines) is 1. The minimum absolute atomic E-state index is 0.0726. The van der Waals surface area contributed by atoms with Gasteiger partial charge in [0, 0.05) is 19.6 Å². The lowest BCUT2D eigenvalue weighted by Crippen LogP contribution is -2.43. The molecule has 1 aromatic heterocycles. The molecule has 0 radical (unpaired) electrons. The second-order valence-electron chi connectivity index (χ2n) is 6.84. The van der Waals surface area contributed by atoms with Crippen molar-refractivity contribution in [2.24, 2.45) is 5.92 Å². The van der Waals surface area contributed by atoms with Crippen LogP contribution >= 0.6 is 11.8 Å². The number of esters is 1. The highest BCUT2D eigenvalue weighted by atomic mass is 32.2. The minimum Gasteiger partial charge on any atom is -0.466 e. The van der Waals surface area contributed by atoms with Gasteiger partial charge in [0.15, 0.2) is 5.16 Å². The van der Waals surface area contributed by atoms with Crippen molar-refractivity contribution in [2.75, 3.05) is 25.4 Å². The topological polar surface area (TPSA) is 81.5 Å². The van der Waals surface area contributed by atoms with Crippen molar-refractivity contribution in [3.05, 3.63) is 47.3 Å². The van der Waals surface area contributed by atoms with Crippen LogP contribution in [0, 0.1) is 5.92 Å². The molecule has 1 atom stereocenters. The number of allylic oxidation sites excluding steroid dienone is 1. The zero-order valence-electron chi connectivity index (χ0n) is 16.5. The summed E-state index contributed by atoms with van der Waals surface area (Å²) >= 11 is 1.23. The summed E-state index contributed by atoms with van der Waals surface area (Å²) in [6.07, 6.45) is 3.15. The highest BCUT2D eigenvalue weighted by Gasteiger charge is 2.29. The Morgan fingerprint density at radius 2 is 2.17 bits per heavy atom. The Bertz CT molecular complexity index is 972. The van der Waals surface area contributed by atoms with E-state index in [4.69, 9.17) is 4.74 Å². The average molecular weight is 416 g/mol. The highest BCUT2D eigenvalue weighted by molar-refractivity contribution is 7.99. The van der Waals surface area contributed by atoms with Crippen LogP contribution in [0.25, 0.3) is 10.9 Å². The van der Waals surface area contributed by atoms with E-state index >= 15 is 0 Å². The van der Waals surface area contributed by atoms with Crippen LogP contribution in [-0.4, -0.2) is 51.8 Å². The number of para-hydroxylation sites is 1. The Balaban J connectivity index is 1.73. The van der Waals surface area contributed by atoms with Crippen LogP contribution in [0.1, 0.15) is 19.8 Å². The van der Waals surface area contributed by atoms with Crippen LogP contribution in [0.2, 0.25) is 0 Å². The van der Waals surface area contributed by atoms with E-state index in [0.717, 1.165) is 12.8 Å². The Morgan fingerprint density at radius 1 is 1.38 bits per heavy atom. The standard InChI is InChI=1S/C21H25N3O4S/c1-3-11-24-19(26)16-9-5-6-10-17(16)22-21(24)29-14-18(25)23-12-7-8-15(13-23)20(27)28-4-2/h3,5-6,9-10,15H,1,4,7-8,11-14H2,2H3/t15-/m1/s1. The van der Waals surface area contributed by atoms with Gasteiger partial charge in [-0.3, -0.25) is 19.0 Å². The van der Waals surface area contributed by atoms with Crippen LogP contribution < -0.4 is 5.56 Å². The Kier molecular flexibility index (Phi) is 7.09. The number of benzene rings is 1. The second-order valence-corrected chi connectivity index (χ2v) is 7.78. The van der Waals surface area contributed by atoms with Crippen molar-refractivity contribution in [3.8, 4) is 0 Å². The fraction of sp³-hybridized carbons (Fsp3) is 0.429. The summed E-state index contributed by atoms with van der Waals surface area (Å²) in [6.45, 7) is 7.15. The number of fused-ring (bicyclic) bond motifs is 1. The summed E-state index contributed by atoms with van der Waals surface area (Å²) in [6, 6.07) is 7.16. The summed E-state index contributed by atoms with van der Waals surface area (Å²) < 4.78 is 6.63. The van der Waals surface area contributed by atoms with Crippen LogP contribution in [-0.2, 0) is 20.9 Å². The van der Waals surface area contributed by atoms with E-state index in [9.17, 15) is 14.4 Å². The summed E-state index contributed by atoms with van der Waals surface area (Å²) in [5.74, 6) is -0.432. The molecule has 0 bridgehead atoms. The average Bonchev–Trinajstić information content (AvgIpc) is 2.74. The molecule has 7 nitrogen and oxygen atoms in total. The van der Waals surface area contributed by atoms with Gasteiger partial charge in [0.2, 0.25) is 5.91 Å². The first-order chi connectivity index (χ1) is 14.0. The fourth-order valence-corrected chi connectivity index (χ4v) is 4.33. The third kappa shape index (κ3) is 4.87. The molecule has 1 aliphatic rings. The number of hydrogen-bond donors (Lipinski definition) is 0. The summed E-state index contributed by atoms with van der Waals surface area (Å²) in [7, 11) is 0. The zero-order chi connectivity index (χ0) is 20.8.